The van der Waals surface area contributed by atoms with Crippen molar-refractivity contribution in [1.29, 1.82) is 0 Å². The van der Waals surface area contributed by atoms with Gasteiger partial charge in [-0.2, -0.15) is 10.2 Å². The molecule has 4 heterocycles. The van der Waals surface area contributed by atoms with Crippen LogP contribution in [0.5, 0.6) is 0 Å². The molecule has 4 aliphatic rings. The fourth-order valence-electron chi connectivity index (χ4n) is 7.49. The molecular formula is C41H48N6O8. The van der Waals surface area contributed by atoms with Gasteiger partial charge >= 0.3 is 24.1 Å². The van der Waals surface area contributed by atoms with Crippen molar-refractivity contribution >= 4 is 24.1 Å². The molecule has 2 aromatic carbocycles. The summed E-state index contributed by atoms with van der Waals surface area (Å²) in [6.45, 7) is 2.97. The highest BCUT2D eigenvalue weighted by Gasteiger charge is 2.37. The molecule has 0 spiro atoms. The second-order valence-corrected chi connectivity index (χ2v) is 14.6. The third-order valence-corrected chi connectivity index (χ3v) is 10.8. The van der Waals surface area contributed by atoms with E-state index < -0.39 is 5.97 Å². The molecule has 4 aromatic rings. The van der Waals surface area contributed by atoms with E-state index in [0.29, 0.717) is 49.1 Å². The van der Waals surface area contributed by atoms with Crippen LogP contribution in [0.15, 0.2) is 73.1 Å². The average molecular weight is 753 g/mol. The fourth-order valence-corrected chi connectivity index (χ4v) is 7.49. The van der Waals surface area contributed by atoms with Gasteiger partial charge in [0, 0.05) is 38.0 Å². The molecule has 2 aromatic heterocycles. The number of ether oxygens (including phenoxy) is 3. The van der Waals surface area contributed by atoms with E-state index in [-0.39, 0.29) is 43.5 Å². The molecule has 1 N–H and O–H groups in total. The number of piperidine rings is 2. The summed E-state index contributed by atoms with van der Waals surface area (Å²) in [4.78, 5) is 51.6. The number of carboxylic acid groups (broad SMARTS) is 1. The number of amides is 2. The van der Waals surface area contributed by atoms with Gasteiger partial charge in [0.15, 0.2) is 0 Å². The van der Waals surface area contributed by atoms with Crippen LogP contribution in [-0.2, 0) is 27.4 Å². The van der Waals surface area contributed by atoms with Gasteiger partial charge in [-0.05, 0) is 62.5 Å². The van der Waals surface area contributed by atoms with Crippen LogP contribution in [0.2, 0.25) is 0 Å². The Morgan fingerprint density at radius 2 is 1.02 bits per heavy atom. The summed E-state index contributed by atoms with van der Waals surface area (Å²) in [5.41, 5.74) is 4.70. The Morgan fingerprint density at radius 3 is 1.40 bits per heavy atom. The molecule has 8 rings (SSSR count). The van der Waals surface area contributed by atoms with Crippen LogP contribution < -0.4 is 0 Å². The van der Waals surface area contributed by atoms with Gasteiger partial charge < -0.3 is 29.1 Å². The Morgan fingerprint density at radius 1 is 0.618 bits per heavy atom. The van der Waals surface area contributed by atoms with Gasteiger partial charge in [-0.1, -0.05) is 60.7 Å². The lowest BCUT2D eigenvalue weighted by molar-refractivity contribution is 0.0597. The molecule has 0 radical (unpaired) electrons. The van der Waals surface area contributed by atoms with Crippen molar-refractivity contribution in [2.75, 3.05) is 33.3 Å². The van der Waals surface area contributed by atoms with E-state index in [1.54, 1.807) is 16.0 Å². The van der Waals surface area contributed by atoms with E-state index in [2.05, 4.69) is 10.2 Å². The second kappa shape index (κ2) is 17.2. The number of aromatic carboxylic acids is 1. The largest absolute Gasteiger partial charge is 0.478 e. The zero-order valence-corrected chi connectivity index (χ0v) is 31.1. The normalized spacial score (nSPS) is 17.5. The maximum atomic E-state index is 12.4. The number of carbonyl (C=O) groups is 4. The van der Waals surface area contributed by atoms with Crippen molar-refractivity contribution in [2.45, 2.75) is 88.5 Å². The van der Waals surface area contributed by atoms with Crippen molar-refractivity contribution in [3.8, 4) is 0 Å². The predicted octanol–water partition coefficient (Wildman–Crippen LogP) is 6.95. The molecule has 14 heteroatoms. The molecule has 0 unspecified atom stereocenters. The molecule has 2 amide bonds. The number of rotatable bonds is 10. The molecule has 2 aliphatic heterocycles. The van der Waals surface area contributed by atoms with Crippen molar-refractivity contribution in [3.63, 3.8) is 0 Å². The number of nitrogens with zero attached hydrogens (tertiary/aromatic N) is 6. The monoisotopic (exact) mass is 752 g/mol. The van der Waals surface area contributed by atoms with Crippen LogP contribution in [0.4, 0.5) is 9.59 Å². The van der Waals surface area contributed by atoms with Crippen molar-refractivity contribution < 1.29 is 38.5 Å². The Hall–Kier alpha value is -5.66. The smallest absolute Gasteiger partial charge is 0.410 e. The van der Waals surface area contributed by atoms with E-state index in [9.17, 15) is 24.3 Å². The first-order valence-electron chi connectivity index (χ1n) is 19.2. The lowest BCUT2D eigenvalue weighted by atomic mass is 10.0. The van der Waals surface area contributed by atoms with Gasteiger partial charge in [-0.15, -0.1) is 0 Å². The van der Waals surface area contributed by atoms with Gasteiger partial charge in [0.2, 0.25) is 0 Å². The Kier molecular flexibility index (Phi) is 11.8. The Balaban J connectivity index is 0.000000169. The molecular weight excluding hydrogens is 704 g/mol. The molecule has 0 bridgehead atoms. The highest BCUT2D eigenvalue weighted by Crippen LogP contribution is 2.44. The number of carbonyl (C=O) groups excluding carboxylic acids is 3. The first kappa shape index (κ1) is 37.6. The van der Waals surface area contributed by atoms with Gasteiger partial charge in [-0.25, -0.2) is 19.2 Å². The highest BCUT2D eigenvalue weighted by molar-refractivity contribution is 5.90. The summed E-state index contributed by atoms with van der Waals surface area (Å²) in [5, 5.41) is 18.3. The van der Waals surface area contributed by atoms with Crippen LogP contribution in [0.25, 0.3) is 0 Å². The standard InChI is InChI=1S/C21H25N3O4.C20H23N3O4/c1-27-20(25)18-13-22-24(19(18)16-7-8-16)17-9-11-23(12-10-17)21(26)28-14-15-5-3-2-4-6-15;24-19(25)17-12-21-23(18(17)15-6-7-15)16-8-10-22(11-9-16)20(26)27-13-14-4-2-1-3-5-14/h2-6,13,16-17H,7-12,14H2,1H3;1-5,12,15-16H,6-11,13H2,(H,24,25). The third kappa shape index (κ3) is 9.18. The average Bonchev–Trinajstić information content (AvgIpc) is 4.17. The van der Waals surface area contributed by atoms with Gasteiger partial charge in [0.1, 0.15) is 24.3 Å². The number of likely N-dealkylation sites (tertiary alicyclic amines) is 2. The topological polar surface area (TPSA) is 158 Å². The number of hydrogen-bond donors (Lipinski definition) is 1. The maximum absolute atomic E-state index is 12.4. The van der Waals surface area contributed by atoms with E-state index in [1.165, 1.54) is 13.3 Å². The predicted molar refractivity (Wildman–Crippen MR) is 200 cm³/mol. The van der Waals surface area contributed by atoms with Crippen LogP contribution in [-0.4, -0.2) is 91.9 Å². The minimum atomic E-state index is -0.912. The molecule has 55 heavy (non-hydrogen) atoms. The quantitative estimate of drug-likeness (QED) is 0.133. The van der Waals surface area contributed by atoms with E-state index in [4.69, 9.17) is 14.2 Å². The Bertz CT molecular complexity index is 1940. The van der Waals surface area contributed by atoms with Crippen molar-refractivity contribution in [3.05, 3.63) is 107 Å². The third-order valence-electron chi connectivity index (χ3n) is 10.8. The molecule has 2 aliphatic carbocycles. The summed E-state index contributed by atoms with van der Waals surface area (Å²) in [7, 11) is 1.40. The lowest BCUT2D eigenvalue weighted by Crippen LogP contribution is -2.39. The molecule has 2 saturated carbocycles. The molecule has 290 valence electrons. The Labute approximate surface area is 319 Å². The van der Waals surface area contributed by atoms with Gasteiger partial charge in [0.25, 0.3) is 0 Å². The van der Waals surface area contributed by atoms with Crippen LogP contribution >= 0.6 is 0 Å². The number of esters is 1. The van der Waals surface area contributed by atoms with Crippen molar-refractivity contribution in [1.82, 2.24) is 29.4 Å². The number of benzene rings is 2. The van der Waals surface area contributed by atoms with Gasteiger partial charge in [-0.3, -0.25) is 9.36 Å². The summed E-state index contributed by atoms with van der Waals surface area (Å²) in [5.74, 6) is -0.530. The molecule has 4 fully saturated rings. The summed E-state index contributed by atoms with van der Waals surface area (Å²) in [6, 6.07) is 19.6. The minimum absolute atomic E-state index is 0.131. The number of hydrogen-bond acceptors (Lipinski definition) is 9. The SMILES string of the molecule is COC(=O)c1cnn(C2CCN(C(=O)OCc3ccccc3)CC2)c1C1CC1.O=C(O)c1cnn(C2CCN(C(=O)OCc3ccccc3)CC2)c1C1CC1. The van der Waals surface area contributed by atoms with Crippen molar-refractivity contribution in [2.24, 2.45) is 0 Å². The molecule has 0 atom stereocenters. The van der Waals surface area contributed by atoms with Crippen LogP contribution in [0.1, 0.15) is 119 Å². The highest BCUT2D eigenvalue weighted by atomic mass is 16.6. The van der Waals surface area contributed by atoms with Crippen LogP contribution in [0.3, 0.4) is 0 Å². The first-order chi connectivity index (χ1) is 26.8. The number of methoxy groups -OCH3 is 1. The fraction of sp³-hybridized carbons (Fsp3) is 0.463. The lowest BCUT2D eigenvalue weighted by Gasteiger charge is -2.32. The molecule has 14 nitrogen and oxygen atoms in total. The number of aromatic nitrogens is 4. The minimum Gasteiger partial charge on any atom is -0.478 e. The maximum Gasteiger partial charge on any atom is 0.410 e. The summed E-state index contributed by atoms with van der Waals surface area (Å²) in [6.07, 6.45) is 9.82. The first-order valence-corrected chi connectivity index (χ1v) is 19.2. The van der Waals surface area contributed by atoms with E-state index in [0.717, 1.165) is 73.9 Å². The summed E-state index contributed by atoms with van der Waals surface area (Å²) >= 11 is 0. The molecule has 2 saturated heterocycles. The van der Waals surface area contributed by atoms with E-state index in [1.807, 2.05) is 70.0 Å². The second-order valence-electron chi connectivity index (χ2n) is 14.6. The van der Waals surface area contributed by atoms with Crippen LogP contribution in [0, 0.1) is 0 Å². The van der Waals surface area contributed by atoms with E-state index >= 15 is 0 Å². The zero-order chi connectivity index (χ0) is 38.3. The zero-order valence-electron chi connectivity index (χ0n) is 31.1. The summed E-state index contributed by atoms with van der Waals surface area (Å²) < 4.78 is 19.6. The van der Waals surface area contributed by atoms with Gasteiger partial charge in [0.05, 0.1) is 43.0 Å². The number of carboxylic acids is 1.